The number of nitrogens with two attached hydrogens (primary N) is 1. The van der Waals surface area contributed by atoms with Crippen LogP contribution in [0.4, 0.5) is 11.4 Å². The average Bonchev–Trinajstić information content (AvgIpc) is 2.57. The number of allylic oxidation sites excluding steroid dienone is 2. The molecule has 5 heteroatoms. The maximum Gasteiger partial charge on any atom is 0.248 e. The number of Topliss-reactive ketones (excluding diaryl/α,β-unsaturated/α-hetero) is 1. The highest BCUT2D eigenvalue weighted by Gasteiger charge is 2.21. The molecule has 1 aliphatic heterocycles. The van der Waals surface area contributed by atoms with Crippen molar-refractivity contribution in [1.82, 2.24) is 0 Å². The number of nitrogens with one attached hydrogen (secondary N) is 2. The van der Waals surface area contributed by atoms with Crippen LogP contribution >= 0.6 is 0 Å². The molecule has 4 N–H and O–H groups in total. The zero-order valence-electron chi connectivity index (χ0n) is 10.2. The molecule has 0 unspecified atom stereocenters. The molecule has 1 aromatic carbocycles. The van der Waals surface area contributed by atoms with Gasteiger partial charge in [0.2, 0.25) is 5.91 Å². The lowest BCUT2D eigenvalue weighted by atomic mass is 10.0. The predicted molar refractivity (Wildman–Crippen MR) is 72.9 cm³/mol. The fraction of sp³-hybridized carbons (Fsp3) is 0.143. The summed E-state index contributed by atoms with van der Waals surface area (Å²) in [6.45, 7) is 0.481. The minimum atomic E-state index is -0.474. The van der Waals surface area contributed by atoms with E-state index in [0.717, 1.165) is 22.6 Å². The van der Waals surface area contributed by atoms with Crippen LogP contribution in [0.25, 0.3) is 0 Å². The van der Waals surface area contributed by atoms with E-state index in [4.69, 9.17) is 5.73 Å². The molecule has 0 fully saturated rings. The van der Waals surface area contributed by atoms with Crippen LogP contribution in [0.3, 0.4) is 0 Å². The summed E-state index contributed by atoms with van der Waals surface area (Å²) in [4.78, 5) is 23.0. The van der Waals surface area contributed by atoms with E-state index in [2.05, 4.69) is 10.6 Å². The van der Waals surface area contributed by atoms with E-state index >= 15 is 0 Å². The van der Waals surface area contributed by atoms with E-state index in [1.54, 1.807) is 18.2 Å². The van der Waals surface area contributed by atoms with Gasteiger partial charge in [0.05, 0.1) is 11.4 Å². The number of benzene rings is 1. The van der Waals surface area contributed by atoms with Gasteiger partial charge in [-0.25, -0.2) is 0 Å². The summed E-state index contributed by atoms with van der Waals surface area (Å²) in [5.74, 6) is -0.362. The van der Waals surface area contributed by atoms with Gasteiger partial charge in [0.15, 0.2) is 5.78 Å². The van der Waals surface area contributed by atoms with E-state index < -0.39 is 5.91 Å². The molecule has 0 saturated carbocycles. The van der Waals surface area contributed by atoms with Crippen LogP contribution in [-0.2, 0) is 4.79 Å². The summed E-state index contributed by atoms with van der Waals surface area (Å²) in [6.07, 6.45) is 4.16. The third kappa shape index (κ3) is 1.99. The molecule has 19 heavy (non-hydrogen) atoms. The van der Waals surface area contributed by atoms with E-state index in [1.165, 1.54) is 0 Å². The van der Waals surface area contributed by atoms with Crippen molar-refractivity contribution in [3.05, 3.63) is 47.2 Å². The quantitative estimate of drug-likeness (QED) is 0.708. The fourth-order valence-corrected chi connectivity index (χ4v) is 2.25. The van der Waals surface area contributed by atoms with Gasteiger partial charge in [-0.2, -0.15) is 0 Å². The molecule has 3 rings (SSSR count). The number of primary amides is 1. The standard InChI is InChI=1S/C14H13N3O2/c15-14(19)8-4-5-11-12(6-8)17-10-2-1-3-13(18)9(10)7-16-11/h1-2,4-6,16-17H,3,7H2,(H2,15,19). The molecule has 0 radical (unpaired) electrons. The number of anilines is 2. The Bertz CT molecular complexity index is 644. The number of ketones is 1. The highest BCUT2D eigenvalue weighted by molar-refractivity contribution is 6.01. The highest BCUT2D eigenvalue weighted by atomic mass is 16.1. The number of carbonyl (C=O) groups is 2. The number of fused-ring (bicyclic) bond motifs is 1. The monoisotopic (exact) mass is 255 g/mol. The maximum absolute atomic E-state index is 11.8. The van der Waals surface area contributed by atoms with Gasteiger partial charge in [-0.3, -0.25) is 9.59 Å². The highest BCUT2D eigenvalue weighted by Crippen LogP contribution is 2.30. The minimum absolute atomic E-state index is 0.112. The normalized spacial score (nSPS) is 16.9. The average molecular weight is 255 g/mol. The van der Waals surface area contributed by atoms with Crippen LogP contribution < -0.4 is 16.4 Å². The predicted octanol–water partition coefficient (Wildman–Crippen LogP) is 1.41. The van der Waals surface area contributed by atoms with Gasteiger partial charge in [0.25, 0.3) is 0 Å². The second kappa shape index (κ2) is 4.28. The zero-order valence-corrected chi connectivity index (χ0v) is 10.2. The first-order chi connectivity index (χ1) is 9.15. The number of amides is 1. The van der Waals surface area contributed by atoms with Crippen molar-refractivity contribution in [2.24, 2.45) is 5.73 Å². The van der Waals surface area contributed by atoms with E-state index in [0.29, 0.717) is 18.5 Å². The SMILES string of the molecule is NC(=O)c1ccc2c(c1)NC1=C(CN2)C(=O)CC=C1. The van der Waals surface area contributed by atoms with Gasteiger partial charge in [-0.05, 0) is 24.3 Å². The van der Waals surface area contributed by atoms with Gasteiger partial charge in [0.1, 0.15) is 0 Å². The Labute approximate surface area is 110 Å². The lowest BCUT2D eigenvalue weighted by Crippen LogP contribution is -2.16. The third-order valence-corrected chi connectivity index (χ3v) is 3.28. The molecular formula is C14H13N3O2. The van der Waals surface area contributed by atoms with Crippen LogP contribution in [0.2, 0.25) is 0 Å². The number of rotatable bonds is 1. The number of hydrogen-bond donors (Lipinski definition) is 3. The molecule has 0 aromatic heterocycles. The Kier molecular flexibility index (Phi) is 2.59. The largest absolute Gasteiger partial charge is 0.379 e. The Morgan fingerprint density at radius 2 is 2.11 bits per heavy atom. The summed E-state index contributed by atoms with van der Waals surface area (Å²) in [6, 6.07) is 5.14. The van der Waals surface area contributed by atoms with Crippen molar-refractivity contribution < 1.29 is 9.59 Å². The van der Waals surface area contributed by atoms with Crippen LogP contribution in [-0.4, -0.2) is 18.2 Å². The van der Waals surface area contributed by atoms with Gasteiger partial charge < -0.3 is 16.4 Å². The second-order valence-electron chi connectivity index (χ2n) is 4.53. The molecule has 2 aliphatic rings. The minimum Gasteiger partial charge on any atom is -0.379 e. The lowest BCUT2D eigenvalue weighted by molar-refractivity contribution is -0.114. The Morgan fingerprint density at radius 1 is 1.26 bits per heavy atom. The summed E-state index contributed by atoms with van der Waals surface area (Å²) >= 11 is 0. The second-order valence-corrected chi connectivity index (χ2v) is 4.53. The molecule has 5 nitrogen and oxygen atoms in total. The third-order valence-electron chi connectivity index (χ3n) is 3.28. The van der Waals surface area contributed by atoms with Crippen LogP contribution in [0, 0.1) is 0 Å². The molecule has 1 aromatic rings. The first kappa shape index (κ1) is 11.5. The van der Waals surface area contributed by atoms with E-state index in [-0.39, 0.29) is 5.78 Å². The van der Waals surface area contributed by atoms with Gasteiger partial charge in [-0.15, -0.1) is 0 Å². The summed E-state index contributed by atoms with van der Waals surface area (Å²) in [5.41, 5.74) is 8.82. The van der Waals surface area contributed by atoms with Crippen molar-refractivity contribution in [1.29, 1.82) is 0 Å². The summed E-state index contributed by atoms with van der Waals surface area (Å²) in [7, 11) is 0. The van der Waals surface area contributed by atoms with Crippen molar-refractivity contribution in [3.8, 4) is 0 Å². The molecular weight excluding hydrogens is 242 g/mol. The lowest BCUT2D eigenvalue weighted by Gasteiger charge is -2.13. The Balaban J connectivity index is 2.03. The molecule has 0 atom stereocenters. The van der Waals surface area contributed by atoms with Crippen LogP contribution in [0.15, 0.2) is 41.6 Å². The van der Waals surface area contributed by atoms with E-state index in [9.17, 15) is 9.59 Å². The summed E-state index contributed by atoms with van der Waals surface area (Å²) in [5, 5.41) is 6.38. The summed E-state index contributed by atoms with van der Waals surface area (Å²) < 4.78 is 0. The first-order valence-corrected chi connectivity index (χ1v) is 6.03. The van der Waals surface area contributed by atoms with Crippen LogP contribution in [0.5, 0.6) is 0 Å². The smallest absolute Gasteiger partial charge is 0.248 e. The molecule has 0 bridgehead atoms. The molecule has 1 aliphatic carbocycles. The van der Waals surface area contributed by atoms with Gasteiger partial charge in [-0.1, -0.05) is 6.08 Å². The number of hydrogen-bond acceptors (Lipinski definition) is 4. The fourth-order valence-electron chi connectivity index (χ4n) is 2.25. The Hall–Kier alpha value is -2.56. The topological polar surface area (TPSA) is 84.2 Å². The molecule has 1 amide bonds. The van der Waals surface area contributed by atoms with E-state index in [1.807, 2.05) is 12.2 Å². The molecule has 96 valence electrons. The van der Waals surface area contributed by atoms with Crippen molar-refractivity contribution >= 4 is 23.1 Å². The van der Waals surface area contributed by atoms with Gasteiger partial charge >= 0.3 is 0 Å². The molecule has 0 saturated heterocycles. The van der Waals surface area contributed by atoms with Crippen LogP contribution in [0.1, 0.15) is 16.8 Å². The molecule has 1 heterocycles. The number of carbonyl (C=O) groups excluding carboxylic acids is 2. The zero-order chi connectivity index (χ0) is 13.4. The van der Waals surface area contributed by atoms with Crippen molar-refractivity contribution in [2.45, 2.75) is 6.42 Å². The van der Waals surface area contributed by atoms with Crippen molar-refractivity contribution in [2.75, 3.05) is 17.2 Å². The first-order valence-electron chi connectivity index (χ1n) is 6.03. The Morgan fingerprint density at radius 3 is 2.89 bits per heavy atom. The maximum atomic E-state index is 11.8. The van der Waals surface area contributed by atoms with Crippen molar-refractivity contribution in [3.63, 3.8) is 0 Å². The molecule has 0 spiro atoms. The van der Waals surface area contributed by atoms with Gasteiger partial charge in [0, 0.05) is 29.8 Å².